The van der Waals surface area contributed by atoms with E-state index in [1.165, 1.54) is 11.8 Å². The van der Waals surface area contributed by atoms with Crippen molar-refractivity contribution < 1.29 is 33.7 Å². The van der Waals surface area contributed by atoms with Crippen LogP contribution in [0.3, 0.4) is 0 Å². The predicted molar refractivity (Wildman–Crippen MR) is 119 cm³/mol. The Hall–Kier alpha value is -2.65. The summed E-state index contributed by atoms with van der Waals surface area (Å²) in [5.41, 5.74) is -0.802. The Morgan fingerprint density at radius 2 is 1.85 bits per heavy atom. The molecule has 2 saturated heterocycles. The fourth-order valence-corrected chi connectivity index (χ4v) is 4.22. The number of aliphatic hydroxyl groups excluding tert-OH is 1. The zero-order chi connectivity index (χ0) is 24.6. The minimum Gasteiger partial charge on any atom is -0.447 e. The van der Waals surface area contributed by atoms with Gasteiger partial charge >= 0.3 is 12.2 Å². The van der Waals surface area contributed by atoms with E-state index in [2.05, 4.69) is 0 Å². The average Bonchev–Trinajstić information content (AvgIpc) is 3.24. The molecule has 0 aliphatic carbocycles. The highest BCUT2D eigenvalue weighted by molar-refractivity contribution is 5.95. The van der Waals surface area contributed by atoms with E-state index >= 15 is 0 Å². The molecule has 0 bridgehead atoms. The Morgan fingerprint density at radius 3 is 2.45 bits per heavy atom. The van der Waals surface area contributed by atoms with Crippen LogP contribution >= 0.6 is 0 Å². The van der Waals surface area contributed by atoms with Gasteiger partial charge in [-0.25, -0.2) is 14.5 Å². The number of aliphatic hydroxyl groups is 1. The zero-order valence-corrected chi connectivity index (χ0v) is 20.1. The molecule has 0 spiro atoms. The first-order valence-electron chi connectivity index (χ1n) is 11.2. The topological polar surface area (TPSA) is 106 Å². The van der Waals surface area contributed by atoms with Crippen LogP contribution in [0.4, 0.5) is 9.59 Å². The summed E-state index contributed by atoms with van der Waals surface area (Å²) < 4.78 is 16.4. The van der Waals surface area contributed by atoms with Crippen LogP contribution in [0.2, 0.25) is 0 Å². The van der Waals surface area contributed by atoms with E-state index in [4.69, 9.17) is 14.2 Å². The number of hydrogen-bond acceptors (Lipinski definition) is 7. The number of carbonyl (C=O) groups is 3. The summed E-state index contributed by atoms with van der Waals surface area (Å²) >= 11 is 0. The molecule has 1 aromatic carbocycles. The smallest absolute Gasteiger partial charge is 0.416 e. The second-order valence-electron chi connectivity index (χ2n) is 10.1. The molecule has 9 heteroatoms. The van der Waals surface area contributed by atoms with Crippen LogP contribution in [-0.2, 0) is 25.4 Å². The van der Waals surface area contributed by atoms with Crippen LogP contribution < -0.4 is 0 Å². The van der Waals surface area contributed by atoms with Crippen LogP contribution in [0.5, 0.6) is 0 Å². The number of cyclic esters (lactones) is 1. The summed E-state index contributed by atoms with van der Waals surface area (Å²) in [6, 6.07) is 8.21. The summed E-state index contributed by atoms with van der Waals surface area (Å²) in [6.45, 7) is 10.3. The molecule has 9 nitrogen and oxygen atoms in total. The summed E-state index contributed by atoms with van der Waals surface area (Å²) in [7, 11) is 0. The van der Waals surface area contributed by atoms with E-state index in [0.717, 1.165) is 10.5 Å². The van der Waals surface area contributed by atoms with Crippen molar-refractivity contribution in [3.8, 4) is 0 Å². The zero-order valence-electron chi connectivity index (χ0n) is 20.1. The van der Waals surface area contributed by atoms with E-state index in [1.807, 2.05) is 30.3 Å². The molecular weight excluding hydrogens is 428 g/mol. The first-order chi connectivity index (χ1) is 15.3. The minimum absolute atomic E-state index is 0.0307. The molecule has 0 saturated carbocycles. The van der Waals surface area contributed by atoms with Gasteiger partial charge in [0.1, 0.15) is 17.9 Å². The lowest BCUT2D eigenvalue weighted by atomic mass is 9.94. The van der Waals surface area contributed by atoms with Crippen molar-refractivity contribution >= 4 is 18.1 Å². The molecule has 0 aromatic heterocycles. The second kappa shape index (κ2) is 9.30. The number of carbonyl (C=O) groups excluding carboxylic acids is 3. The van der Waals surface area contributed by atoms with Crippen molar-refractivity contribution in [2.45, 2.75) is 77.5 Å². The van der Waals surface area contributed by atoms with Crippen molar-refractivity contribution in [2.24, 2.45) is 5.92 Å². The van der Waals surface area contributed by atoms with Gasteiger partial charge in [0.05, 0.1) is 30.7 Å². The Labute approximate surface area is 194 Å². The van der Waals surface area contributed by atoms with Gasteiger partial charge < -0.3 is 19.3 Å². The number of ether oxygens (including phenoxy) is 3. The average molecular weight is 463 g/mol. The molecule has 2 aliphatic heterocycles. The molecule has 2 fully saturated rings. The van der Waals surface area contributed by atoms with Gasteiger partial charge in [0, 0.05) is 0 Å². The molecular formula is C24H34N2O7. The maximum absolute atomic E-state index is 13.3. The monoisotopic (exact) mass is 462 g/mol. The molecule has 0 unspecified atom stereocenters. The Bertz CT molecular complexity index is 881. The molecule has 33 heavy (non-hydrogen) atoms. The quantitative estimate of drug-likeness (QED) is 0.717. The van der Waals surface area contributed by atoms with Gasteiger partial charge in [0.2, 0.25) is 5.91 Å². The van der Waals surface area contributed by atoms with Crippen LogP contribution in [0.15, 0.2) is 30.3 Å². The van der Waals surface area contributed by atoms with Crippen molar-refractivity contribution in [1.29, 1.82) is 0 Å². The molecule has 3 amide bonds. The molecule has 1 aromatic rings. The van der Waals surface area contributed by atoms with E-state index in [0.29, 0.717) is 6.42 Å². The third-order valence-electron chi connectivity index (χ3n) is 5.92. The van der Waals surface area contributed by atoms with Crippen LogP contribution in [0.1, 0.15) is 47.1 Å². The van der Waals surface area contributed by atoms with E-state index in [9.17, 15) is 19.5 Å². The Kier molecular flexibility index (Phi) is 7.04. The lowest BCUT2D eigenvalue weighted by Crippen LogP contribution is -2.56. The highest BCUT2D eigenvalue weighted by Gasteiger charge is 2.51. The van der Waals surface area contributed by atoms with E-state index < -0.39 is 53.5 Å². The van der Waals surface area contributed by atoms with Crippen LogP contribution in [0, 0.1) is 5.92 Å². The Balaban J connectivity index is 1.77. The van der Waals surface area contributed by atoms with Gasteiger partial charge in [-0.05, 0) is 46.6 Å². The van der Waals surface area contributed by atoms with Crippen molar-refractivity contribution in [2.75, 3.05) is 13.2 Å². The maximum atomic E-state index is 13.3. The highest BCUT2D eigenvalue weighted by atomic mass is 16.6. The normalized spacial score (nSPS) is 24.4. The maximum Gasteiger partial charge on any atom is 0.416 e. The van der Waals surface area contributed by atoms with Gasteiger partial charge in [-0.15, -0.1) is 0 Å². The predicted octanol–water partition coefficient (Wildman–Crippen LogP) is 2.95. The third kappa shape index (κ3) is 5.47. The van der Waals surface area contributed by atoms with Gasteiger partial charge in [-0.3, -0.25) is 9.69 Å². The number of amides is 3. The first kappa shape index (κ1) is 25.0. The number of rotatable bonds is 5. The fraction of sp³-hybridized carbons (Fsp3) is 0.625. The molecule has 3 rings (SSSR count). The minimum atomic E-state index is -1.28. The van der Waals surface area contributed by atoms with Gasteiger partial charge in [-0.1, -0.05) is 37.3 Å². The van der Waals surface area contributed by atoms with Crippen molar-refractivity contribution in [1.82, 2.24) is 9.80 Å². The van der Waals surface area contributed by atoms with E-state index in [1.54, 1.807) is 34.6 Å². The van der Waals surface area contributed by atoms with Gasteiger partial charge in [0.25, 0.3) is 0 Å². The van der Waals surface area contributed by atoms with Crippen LogP contribution in [0.25, 0.3) is 0 Å². The highest BCUT2D eigenvalue weighted by Crippen LogP contribution is 2.33. The fourth-order valence-electron chi connectivity index (χ4n) is 4.22. The van der Waals surface area contributed by atoms with Crippen molar-refractivity contribution in [3.63, 3.8) is 0 Å². The summed E-state index contributed by atoms with van der Waals surface area (Å²) in [5, 5.41) is 11.1. The second-order valence-corrected chi connectivity index (χ2v) is 10.1. The van der Waals surface area contributed by atoms with Crippen LogP contribution in [-0.4, -0.2) is 75.7 Å². The van der Waals surface area contributed by atoms with Gasteiger partial charge in [0.15, 0.2) is 0 Å². The molecule has 0 radical (unpaired) electrons. The summed E-state index contributed by atoms with van der Waals surface area (Å²) in [4.78, 5) is 41.0. The van der Waals surface area contributed by atoms with Crippen molar-refractivity contribution in [3.05, 3.63) is 35.9 Å². The Morgan fingerprint density at radius 1 is 1.21 bits per heavy atom. The molecule has 182 valence electrons. The molecule has 2 heterocycles. The number of benzene rings is 1. The molecule has 1 N–H and O–H groups in total. The lowest BCUT2D eigenvalue weighted by molar-refractivity contribution is -0.138. The number of imide groups is 1. The largest absolute Gasteiger partial charge is 0.447 e. The SMILES string of the molecule is C[C@@H](C(=O)N1C(=O)OC[C@@H]1Cc1ccccc1)[C@@H](O)[C@H]1COC(C)(C)N1C(=O)OC(C)(C)C. The van der Waals surface area contributed by atoms with E-state index in [-0.39, 0.29) is 13.2 Å². The third-order valence-corrected chi connectivity index (χ3v) is 5.92. The lowest BCUT2D eigenvalue weighted by Gasteiger charge is -2.37. The summed E-state index contributed by atoms with van der Waals surface area (Å²) in [6.07, 6.45) is -2.20. The summed E-state index contributed by atoms with van der Waals surface area (Å²) in [5.74, 6) is -1.54. The van der Waals surface area contributed by atoms with Gasteiger partial charge in [-0.2, -0.15) is 0 Å². The molecule has 4 atom stereocenters. The number of hydrogen-bond donors (Lipinski definition) is 1. The first-order valence-corrected chi connectivity index (χ1v) is 11.2. The standard InChI is InChI=1S/C24H34N2O7/c1-15(19(27)18-14-32-24(5,6)26(18)22(30)33-23(2,3)4)20(28)25-17(13-31-21(25)29)12-16-10-8-7-9-11-16/h7-11,15,17-19,27H,12-14H2,1-6H3/t15-,17+,18-,19-/m1/s1. The number of nitrogens with zero attached hydrogens (tertiary/aromatic N) is 2. The molecule has 2 aliphatic rings.